The normalized spacial score (nSPS) is 23.0. The number of aromatic nitrogens is 2. The van der Waals surface area contributed by atoms with Gasteiger partial charge >= 0.3 is 12.1 Å². The largest absolute Gasteiger partial charge is 0.490 e. The Bertz CT molecular complexity index is 762. The van der Waals surface area contributed by atoms with Crippen LogP contribution in [0.1, 0.15) is 25.7 Å². The molecule has 1 unspecified atom stereocenters. The lowest BCUT2D eigenvalue weighted by Gasteiger charge is -2.53. The number of nitrogens with one attached hydrogen (secondary N) is 1. The second-order valence-electron chi connectivity index (χ2n) is 8.24. The molecule has 0 bridgehead atoms. The molecule has 0 aliphatic carbocycles. The van der Waals surface area contributed by atoms with Crippen LogP contribution in [0.3, 0.4) is 0 Å². The van der Waals surface area contributed by atoms with Gasteiger partial charge in [-0.3, -0.25) is 4.79 Å². The van der Waals surface area contributed by atoms with Crippen molar-refractivity contribution in [3.8, 4) is 0 Å². The summed E-state index contributed by atoms with van der Waals surface area (Å²) in [5.74, 6) is 1.28. The Hall–Kier alpha value is -2.08. The van der Waals surface area contributed by atoms with Crippen molar-refractivity contribution < 1.29 is 32.6 Å². The SMILES string of the molecule is O=C(C1CCSCC1)N1CC2(CCC(CNc3ncccn3)CO2)C1.O=C(O)C(F)(F)F. The average Bonchev–Trinajstić information content (AvgIpc) is 2.77. The summed E-state index contributed by atoms with van der Waals surface area (Å²) in [5, 5.41) is 10.4. The first kappa shape index (κ1) is 24.6. The molecule has 4 heterocycles. The van der Waals surface area contributed by atoms with Gasteiger partial charge in [0.2, 0.25) is 11.9 Å². The topological polar surface area (TPSA) is 105 Å². The van der Waals surface area contributed by atoms with Gasteiger partial charge in [-0.2, -0.15) is 24.9 Å². The standard InChI is InChI=1S/C18H26N4O2S.C2HF3O2/c23-16(15-3-8-25-9-4-15)22-12-18(13-22)5-2-14(11-24-18)10-21-17-19-6-1-7-20-17;3-2(4,5)1(6)7/h1,6-7,14-15H,2-5,8-13H2,(H,19,20,21);(H,6,7). The van der Waals surface area contributed by atoms with E-state index in [1.54, 1.807) is 12.4 Å². The molecule has 3 aliphatic heterocycles. The number of thioether (sulfide) groups is 1. The van der Waals surface area contributed by atoms with Gasteiger partial charge in [0.15, 0.2) is 0 Å². The van der Waals surface area contributed by atoms with Gasteiger partial charge in [0.05, 0.1) is 19.7 Å². The van der Waals surface area contributed by atoms with E-state index in [4.69, 9.17) is 14.6 Å². The Morgan fingerprint density at radius 3 is 2.38 bits per heavy atom. The summed E-state index contributed by atoms with van der Waals surface area (Å²) in [5.41, 5.74) is -0.0706. The summed E-state index contributed by atoms with van der Waals surface area (Å²) in [4.78, 5) is 31.9. The fourth-order valence-electron chi connectivity index (χ4n) is 3.96. The highest BCUT2D eigenvalue weighted by Crippen LogP contribution is 2.37. The van der Waals surface area contributed by atoms with Crippen molar-refractivity contribution in [1.29, 1.82) is 0 Å². The third kappa shape index (κ3) is 6.71. The van der Waals surface area contributed by atoms with Crippen molar-refractivity contribution in [2.75, 3.05) is 43.1 Å². The predicted molar refractivity (Wildman–Crippen MR) is 112 cm³/mol. The third-order valence-electron chi connectivity index (χ3n) is 5.83. The van der Waals surface area contributed by atoms with Gasteiger partial charge in [-0.25, -0.2) is 14.8 Å². The number of nitrogens with zero attached hydrogens (tertiary/aromatic N) is 3. The zero-order chi connectivity index (χ0) is 23.2. The van der Waals surface area contributed by atoms with E-state index in [1.165, 1.54) is 0 Å². The molecule has 8 nitrogen and oxygen atoms in total. The molecule has 1 atom stereocenters. The maximum absolute atomic E-state index is 12.6. The van der Waals surface area contributed by atoms with Crippen LogP contribution in [-0.4, -0.2) is 81.4 Å². The van der Waals surface area contributed by atoms with E-state index in [0.29, 0.717) is 17.8 Å². The molecule has 1 aromatic heterocycles. The van der Waals surface area contributed by atoms with Gasteiger partial charge in [0.1, 0.15) is 5.60 Å². The fourth-order valence-corrected chi connectivity index (χ4v) is 5.07. The Labute approximate surface area is 188 Å². The van der Waals surface area contributed by atoms with Gasteiger partial charge < -0.3 is 20.1 Å². The van der Waals surface area contributed by atoms with E-state index in [9.17, 15) is 18.0 Å². The monoisotopic (exact) mass is 476 g/mol. The van der Waals surface area contributed by atoms with Crippen molar-refractivity contribution in [2.24, 2.45) is 11.8 Å². The smallest absolute Gasteiger partial charge is 0.475 e. The number of carboxylic acids is 1. The number of halogens is 3. The lowest BCUT2D eigenvalue weighted by molar-refractivity contribution is -0.192. The van der Waals surface area contributed by atoms with E-state index in [2.05, 4.69) is 15.3 Å². The number of rotatable bonds is 4. The van der Waals surface area contributed by atoms with Crippen LogP contribution in [0, 0.1) is 11.8 Å². The number of ether oxygens (including phenoxy) is 1. The highest BCUT2D eigenvalue weighted by molar-refractivity contribution is 7.99. The quantitative estimate of drug-likeness (QED) is 0.684. The van der Waals surface area contributed by atoms with E-state index in [1.807, 2.05) is 22.7 Å². The molecular formula is C20H27F3N4O4S. The van der Waals surface area contributed by atoms with Crippen molar-refractivity contribution in [1.82, 2.24) is 14.9 Å². The van der Waals surface area contributed by atoms with E-state index < -0.39 is 12.1 Å². The zero-order valence-electron chi connectivity index (χ0n) is 17.5. The minimum atomic E-state index is -5.08. The summed E-state index contributed by atoms with van der Waals surface area (Å²) >= 11 is 1.97. The summed E-state index contributed by atoms with van der Waals surface area (Å²) in [6, 6.07) is 1.81. The number of carbonyl (C=O) groups excluding carboxylic acids is 1. The lowest BCUT2D eigenvalue weighted by Crippen LogP contribution is -2.67. The second-order valence-corrected chi connectivity index (χ2v) is 9.46. The summed E-state index contributed by atoms with van der Waals surface area (Å²) < 4.78 is 37.9. The Morgan fingerprint density at radius 1 is 1.22 bits per heavy atom. The lowest BCUT2D eigenvalue weighted by atomic mass is 9.82. The maximum atomic E-state index is 12.6. The fraction of sp³-hybridized carbons (Fsp3) is 0.700. The predicted octanol–water partition coefficient (Wildman–Crippen LogP) is 2.67. The number of amides is 1. The third-order valence-corrected chi connectivity index (χ3v) is 6.88. The van der Waals surface area contributed by atoms with Crippen LogP contribution >= 0.6 is 11.8 Å². The highest BCUT2D eigenvalue weighted by atomic mass is 32.2. The first-order chi connectivity index (χ1) is 15.2. The number of likely N-dealkylation sites (tertiary alicyclic amines) is 1. The number of aliphatic carboxylic acids is 1. The highest BCUT2D eigenvalue weighted by Gasteiger charge is 2.49. The van der Waals surface area contributed by atoms with Crippen LogP contribution < -0.4 is 5.32 Å². The second kappa shape index (κ2) is 10.7. The molecule has 1 spiro atoms. The van der Waals surface area contributed by atoms with Crippen LogP contribution in [0.25, 0.3) is 0 Å². The summed E-state index contributed by atoms with van der Waals surface area (Å²) in [6.07, 6.45) is 2.66. The van der Waals surface area contributed by atoms with Gasteiger partial charge in [-0.05, 0) is 49.2 Å². The molecule has 3 aliphatic rings. The molecule has 0 aromatic carbocycles. The molecular weight excluding hydrogens is 449 g/mol. The maximum Gasteiger partial charge on any atom is 0.490 e. The first-order valence-electron chi connectivity index (χ1n) is 10.5. The minimum absolute atomic E-state index is 0.0706. The van der Waals surface area contributed by atoms with E-state index >= 15 is 0 Å². The number of carbonyl (C=O) groups is 2. The molecule has 2 N–H and O–H groups in total. The number of anilines is 1. The Kier molecular flexibility index (Phi) is 8.21. The Balaban J connectivity index is 0.000000360. The Morgan fingerprint density at radius 2 is 1.84 bits per heavy atom. The van der Waals surface area contributed by atoms with Gasteiger partial charge in [-0.1, -0.05) is 0 Å². The number of alkyl halides is 3. The van der Waals surface area contributed by atoms with Crippen LogP contribution in [0.5, 0.6) is 0 Å². The van der Waals surface area contributed by atoms with Gasteiger partial charge in [-0.15, -0.1) is 0 Å². The number of hydrogen-bond donors (Lipinski definition) is 2. The van der Waals surface area contributed by atoms with Crippen LogP contribution in [-0.2, 0) is 14.3 Å². The molecule has 0 saturated carbocycles. The van der Waals surface area contributed by atoms with Crippen molar-refractivity contribution in [3.63, 3.8) is 0 Å². The van der Waals surface area contributed by atoms with Gasteiger partial charge in [0.25, 0.3) is 0 Å². The average molecular weight is 477 g/mol. The molecule has 178 valence electrons. The summed E-state index contributed by atoms with van der Waals surface area (Å²) in [6.45, 7) is 3.17. The number of carboxylic acid groups (broad SMARTS) is 1. The molecule has 12 heteroatoms. The van der Waals surface area contributed by atoms with Crippen LogP contribution in [0.15, 0.2) is 18.5 Å². The molecule has 1 aromatic rings. The van der Waals surface area contributed by atoms with Crippen molar-refractivity contribution >= 4 is 29.6 Å². The first-order valence-corrected chi connectivity index (χ1v) is 11.7. The minimum Gasteiger partial charge on any atom is -0.475 e. The number of hydrogen-bond acceptors (Lipinski definition) is 7. The molecule has 3 fully saturated rings. The van der Waals surface area contributed by atoms with E-state index in [0.717, 1.165) is 63.4 Å². The molecule has 3 saturated heterocycles. The molecule has 4 rings (SSSR count). The van der Waals surface area contributed by atoms with Crippen LogP contribution in [0.2, 0.25) is 0 Å². The van der Waals surface area contributed by atoms with Crippen molar-refractivity contribution in [2.45, 2.75) is 37.5 Å². The van der Waals surface area contributed by atoms with Gasteiger partial charge in [0, 0.05) is 24.9 Å². The molecule has 32 heavy (non-hydrogen) atoms. The van der Waals surface area contributed by atoms with Crippen LogP contribution in [0.4, 0.5) is 19.1 Å². The zero-order valence-corrected chi connectivity index (χ0v) is 18.3. The van der Waals surface area contributed by atoms with E-state index in [-0.39, 0.29) is 11.5 Å². The molecule has 1 amide bonds. The summed E-state index contributed by atoms with van der Waals surface area (Å²) in [7, 11) is 0. The molecule has 0 radical (unpaired) electrons. The van der Waals surface area contributed by atoms with Crippen molar-refractivity contribution in [3.05, 3.63) is 18.5 Å².